The molecule has 0 N–H and O–H groups in total. The van der Waals surface area contributed by atoms with Crippen LogP contribution in [0.3, 0.4) is 0 Å². The van der Waals surface area contributed by atoms with Gasteiger partial charge in [-0.05, 0) is 6.42 Å². The fourth-order valence-electron chi connectivity index (χ4n) is 0.970. The molecule has 0 heteroatoms. The zero-order valence-electron chi connectivity index (χ0n) is 6.67. The van der Waals surface area contributed by atoms with Crippen LogP contribution in [-0.4, -0.2) is 0 Å². The fourth-order valence-corrected chi connectivity index (χ4v) is 0.970. The minimum atomic E-state index is 0.281. The minimum absolute atomic E-state index is 0.281. The predicted octanol–water partition coefficient (Wildman–Crippen LogP) is 3.08. The minimum Gasteiger partial charge on any atom is -0.0748 e. The topological polar surface area (TPSA) is 0 Å². The molecule has 0 aromatic heterocycles. The van der Waals surface area contributed by atoms with Crippen molar-refractivity contribution in [3.8, 4) is 0 Å². The summed E-state index contributed by atoms with van der Waals surface area (Å²) in [6.07, 6.45) is 14.0. The van der Waals surface area contributed by atoms with Crippen LogP contribution in [0, 0.1) is 5.41 Å². The van der Waals surface area contributed by atoms with E-state index in [0.29, 0.717) is 0 Å². The summed E-state index contributed by atoms with van der Waals surface area (Å²) in [7, 11) is 0. The molecule has 1 aliphatic carbocycles. The van der Waals surface area contributed by atoms with Gasteiger partial charge >= 0.3 is 0 Å². The van der Waals surface area contributed by atoms with Crippen molar-refractivity contribution < 1.29 is 0 Å². The number of allylic oxidation sites excluding steroid dienone is 6. The maximum Gasteiger partial charge on any atom is 0.00363 e. The van der Waals surface area contributed by atoms with E-state index in [9.17, 15) is 0 Å². The molecule has 0 saturated carbocycles. The van der Waals surface area contributed by atoms with Gasteiger partial charge in [-0.2, -0.15) is 0 Å². The average molecular weight is 134 g/mol. The second kappa shape index (κ2) is 2.87. The van der Waals surface area contributed by atoms with E-state index in [2.05, 4.69) is 50.3 Å². The smallest absolute Gasteiger partial charge is 0.00363 e. The van der Waals surface area contributed by atoms with Crippen LogP contribution in [0.25, 0.3) is 0 Å². The van der Waals surface area contributed by atoms with Gasteiger partial charge in [0.2, 0.25) is 0 Å². The Kier molecular flexibility index (Phi) is 2.10. The van der Waals surface area contributed by atoms with E-state index in [4.69, 9.17) is 0 Å². The van der Waals surface area contributed by atoms with E-state index in [1.54, 1.807) is 0 Å². The second-order valence-corrected chi connectivity index (χ2v) is 2.96. The van der Waals surface area contributed by atoms with Crippen molar-refractivity contribution in [3.63, 3.8) is 0 Å². The molecule has 10 heavy (non-hydrogen) atoms. The van der Waals surface area contributed by atoms with E-state index in [-0.39, 0.29) is 5.41 Å². The standard InChI is InChI=1S/C10H14/c1-3-10(2)8-6-4-5-7-9-10/h4-9H,3H2,1-2H3. The largest absolute Gasteiger partial charge is 0.0748 e. The summed E-state index contributed by atoms with van der Waals surface area (Å²) in [6.45, 7) is 4.45. The molecule has 0 heterocycles. The lowest BCUT2D eigenvalue weighted by molar-refractivity contribution is 0.531. The van der Waals surface area contributed by atoms with Gasteiger partial charge in [-0.15, -0.1) is 0 Å². The van der Waals surface area contributed by atoms with Crippen molar-refractivity contribution in [1.29, 1.82) is 0 Å². The number of hydrogen-bond donors (Lipinski definition) is 0. The summed E-state index contributed by atoms with van der Waals surface area (Å²) in [5.74, 6) is 0. The third kappa shape index (κ3) is 1.60. The molecule has 0 spiro atoms. The molecular formula is C10H14. The summed E-state index contributed by atoms with van der Waals surface area (Å²) < 4.78 is 0. The first-order valence-electron chi connectivity index (χ1n) is 3.80. The van der Waals surface area contributed by atoms with Gasteiger partial charge in [0.05, 0.1) is 0 Å². The maximum atomic E-state index is 2.24. The van der Waals surface area contributed by atoms with Crippen molar-refractivity contribution in [1.82, 2.24) is 0 Å². The van der Waals surface area contributed by atoms with E-state index in [1.807, 2.05) is 0 Å². The highest BCUT2D eigenvalue weighted by atomic mass is 14.2. The second-order valence-electron chi connectivity index (χ2n) is 2.96. The SMILES string of the molecule is CCC1(C)C=CC=CC=C1. The average Bonchev–Trinajstić information content (AvgIpc) is 2.15. The molecule has 0 fully saturated rings. The van der Waals surface area contributed by atoms with Crippen LogP contribution in [0.1, 0.15) is 20.3 Å². The van der Waals surface area contributed by atoms with E-state index in [0.717, 1.165) is 0 Å². The van der Waals surface area contributed by atoms with Gasteiger partial charge in [0.15, 0.2) is 0 Å². The lowest BCUT2D eigenvalue weighted by atomic mass is 9.87. The molecule has 0 radical (unpaired) electrons. The summed E-state index contributed by atoms with van der Waals surface area (Å²) in [5, 5.41) is 0. The summed E-state index contributed by atoms with van der Waals surface area (Å²) in [6, 6.07) is 0. The van der Waals surface area contributed by atoms with Crippen molar-refractivity contribution >= 4 is 0 Å². The Morgan fingerprint density at radius 3 is 1.90 bits per heavy atom. The monoisotopic (exact) mass is 134 g/mol. The highest BCUT2D eigenvalue weighted by Gasteiger charge is 2.13. The molecule has 0 aromatic rings. The van der Waals surface area contributed by atoms with Crippen LogP contribution in [0.5, 0.6) is 0 Å². The molecule has 0 unspecified atom stereocenters. The summed E-state index contributed by atoms with van der Waals surface area (Å²) in [5.41, 5.74) is 0.281. The number of hydrogen-bond acceptors (Lipinski definition) is 0. The first-order chi connectivity index (χ1) is 4.77. The van der Waals surface area contributed by atoms with Crippen LogP contribution in [0.15, 0.2) is 36.5 Å². The first-order valence-corrected chi connectivity index (χ1v) is 3.80. The lowest BCUT2D eigenvalue weighted by Crippen LogP contribution is -2.05. The number of rotatable bonds is 1. The fraction of sp³-hybridized carbons (Fsp3) is 0.400. The molecule has 0 bridgehead atoms. The van der Waals surface area contributed by atoms with E-state index < -0.39 is 0 Å². The van der Waals surface area contributed by atoms with Crippen molar-refractivity contribution in [2.24, 2.45) is 5.41 Å². The molecule has 0 saturated heterocycles. The highest BCUT2D eigenvalue weighted by Crippen LogP contribution is 2.25. The molecule has 1 rings (SSSR count). The third-order valence-electron chi connectivity index (χ3n) is 2.05. The van der Waals surface area contributed by atoms with Crippen molar-refractivity contribution in [3.05, 3.63) is 36.5 Å². The van der Waals surface area contributed by atoms with Gasteiger partial charge in [0.25, 0.3) is 0 Å². The van der Waals surface area contributed by atoms with Crippen LogP contribution < -0.4 is 0 Å². The third-order valence-corrected chi connectivity index (χ3v) is 2.05. The van der Waals surface area contributed by atoms with Crippen molar-refractivity contribution in [2.75, 3.05) is 0 Å². The predicted molar refractivity (Wildman–Crippen MR) is 45.8 cm³/mol. The van der Waals surface area contributed by atoms with Crippen LogP contribution in [0.2, 0.25) is 0 Å². The normalized spacial score (nSPS) is 21.0. The van der Waals surface area contributed by atoms with Crippen molar-refractivity contribution in [2.45, 2.75) is 20.3 Å². The molecule has 0 nitrogen and oxygen atoms in total. The Hall–Kier alpha value is -0.780. The van der Waals surface area contributed by atoms with Gasteiger partial charge in [0, 0.05) is 5.41 Å². The summed E-state index contributed by atoms with van der Waals surface area (Å²) in [4.78, 5) is 0. The van der Waals surface area contributed by atoms with Gasteiger partial charge in [-0.3, -0.25) is 0 Å². The van der Waals surface area contributed by atoms with Gasteiger partial charge in [0.1, 0.15) is 0 Å². The Labute approximate surface area is 62.9 Å². The van der Waals surface area contributed by atoms with Crippen LogP contribution in [-0.2, 0) is 0 Å². The Morgan fingerprint density at radius 2 is 1.50 bits per heavy atom. The quantitative estimate of drug-likeness (QED) is 0.517. The lowest BCUT2D eigenvalue weighted by Gasteiger charge is -2.17. The molecule has 0 amide bonds. The Morgan fingerprint density at radius 1 is 1.00 bits per heavy atom. The van der Waals surface area contributed by atoms with E-state index in [1.165, 1.54) is 6.42 Å². The molecule has 0 aliphatic heterocycles. The molecule has 0 aromatic carbocycles. The molecule has 1 aliphatic rings. The zero-order valence-corrected chi connectivity index (χ0v) is 6.67. The Bertz CT molecular complexity index is 166. The first kappa shape index (κ1) is 7.33. The molecule has 54 valence electrons. The van der Waals surface area contributed by atoms with Gasteiger partial charge in [-0.25, -0.2) is 0 Å². The van der Waals surface area contributed by atoms with Gasteiger partial charge in [-0.1, -0.05) is 50.3 Å². The summed E-state index contributed by atoms with van der Waals surface area (Å²) >= 11 is 0. The highest BCUT2D eigenvalue weighted by molar-refractivity contribution is 5.23. The molecule has 0 atom stereocenters. The Balaban J connectivity index is 2.80. The van der Waals surface area contributed by atoms with E-state index >= 15 is 0 Å². The van der Waals surface area contributed by atoms with Gasteiger partial charge < -0.3 is 0 Å². The van der Waals surface area contributed by atoms with Crippen LogP contribution >= 0.6 is 0 Å². The van der Waals surface area contributed by atoms with Crippen LogP contribution in [0.4, 0.5) is 0 Å². The molecular weight excluding hydrogens is 120 g/mol. The maximum absolute atomic E-state index is 2.24. The zero-order chi connectivity index (χ0) is 7.45.